The van der Waals surface area contributed by atoms with Gasteiger partial charge in [-0.15, -0.1) is 0 Å². The largest absolute Gasteiger partial charge is 0.492 e. The molecule has 140 valence electrons. The van der Waals surface area contributed by atoms with Gasteiger partial charge in [0.25, 0.3) is 0 Å². The molecule has 2 rings (SSSR count). The van der Waals surface area contributed by atoms with E-state index in [1.807, 2.05) is 0 Å². The fourth-order valence-corrected chi connectivity index (χ4v) is 2.52. The van der Waals surface area contributed by atoms with Crippen molar-refractivity contribution in [3.8, 4) is 5.75 Å². The third-order valence-corrected chi connectivity index (χ3v) is 4.03. The summed E-state index contributed by atoms with van der Waals surface area (Å²) in [4.78, 5) is 13.9. The van der Waals surface area contributed by atoms with Crippen LogP contribution in [0.2, 0.25) is 5.02 Å². The Labute approximate surface area is 156 Å². The number of hydrogen-bond donors (Lipinski definition) is 1. The molecule has 0 fully saturated rings. The molecule has 0 aliphatic rings. The zero-order valence-corrected chi connectivity index (χ0v) is 15.4. The van der Waals surface area contributed by atoms with E-state index in [9.17, 15) is 13.6 Å². The third-order valence-electron chi connectivity index (χ3n) is 3.78. The summed E-state index contributed by atoms with van der Waals surface area (Å²) in [6.45, 7) is 2.73. The van der Waals surface area contributed by atoms with E-state index >= 15 is 0 Å². The van der Waals surface area contributed by atoms with E-state index in [1.165, 1.54) is 12.1 Å². The van der Waals surface area contributed by atoms with Gasteiger partial charge < -0.3 is 10.1 Å². The van der Waals surface area contributed by atoms with Crippen LogP contribution in [-0.2, 0) is 4.79 Å². The van der Waals surface area contributed by atoms with Gasteiger partial charge in [-0.3, -0.25) is 9.69 Å². The molecular weight excluding hydrogens is 362 g/mol. The van der Waals surface area contributed by atoms with Crippen molar-refractivity contribution >= 4 is 17.5 Å². The van der Waals surface area contributed by atoms with E-state index in [0.29, 0.717) is 23.9 Å². The van der Waals surface area contributed by atoms with Crippen LogP contribution in [0.1, 0.15) is 18.5 Å². The van der Waals surface area contributed by atoms with Crippen LogP contribution in [0.5, 0.6) is 5.75 Å². The van der Waals surface area contributed by atoms with Crippen LogP contribution in [0.25, 0.3) is 0 Å². The summed E-state index contributed by atoms with van der Waals surface area (Å²) in [6.07, 6.45) is 0. The van der Waals surface area contributed by atoms with E-state index < -0.39 is 17.7 Å². The Morgan fingerprint density at radius 3 is 2.58 bits per heavy atom. The van der Waals surface area contributed by atoms with Crippen molar-refractivity contribution < 1.29 is 18.3 Å². The lowest BCUT2D eigenvalue weighted by Crippen LogP contribution is -2.38. The Hall–Kier alpha value is -2.18. The molecule has 0 saturated heterocycles. The number of ether oxygens (including phenoxy) is 1. The van der Waals surface area contributed by atoms with E-state index in [4.69, 9.17) is 16.3 Å². The standard InChI is InChI=1S/C19H21ClF2N2O2/c1-13(17-8-5-15(21)11-18(17)22)23-19(25)12-24(2)9-10-26-16-6-3-14(20)4-7-16/h3-8,11,13H,9-10,12H2,1-2H3,(H,23,25)/t13-/m0/s1. The highest BCUT2D eigenvalue weighted by molar-refractivity contribution is 6.30. The number of rotatable bonds is 8. The third kappa shape index (κ3) is 6.28. The molecule has 0 unspecified atom stereocenters. The lowest BCUT2D eigenvalue weighted by Gasteiger charge is -2.19. The molecule has 7 heteroatoms. The second-order valence-electron chi connectivity index (χ2n) is 6.00. The number of likely N-dealkylation sites (N-methyl/N-ethyl adjacent to an activating group) is 1. The van der Waals surface area contributed by atoms with Crippen LogP contribution >= 0.6 is 11.6 Å². The number of carbonyl (C=O) groups excluding carboxylic acids is 1. The van der Waals surface area contributed by atoms with Crippen molar-refractivity contribution in [2.45, 2.75) is 13.0 Å². The van der Waals surface area contributed by atoms with E-state index in [0.717, 1.165) is 6.07 Å². The number of benzene rings is 2. The maximum absolute atomic E-state index is 13.7. The van der Waals surface area contributed by atoms with Gasteiger partial charge in [0, 0.05) is 23.2 Å². The maximum Gasteiger partial charge on any atom is 0.234 e. The zero-order valence-electron chi connectivity index (χ0n) is 14.6. The second kappa shape index (κ2) is 9.50. The first-order valence-corrected chi connectivity index (χ1v) is 8.54. The summed E-state index contributed by atoms with van der Waals surface area (Å²) < 4.78 is 32.3. The first-order chi connectivity index (χ1) is 12.3. The average molecular weight is 383 g/mol. The molecule has 0 heterocycles. The Morgan fingerprint density at radius 2 is 1.92 bits per heavy atom. The zero-order chi connectivity index (χ0) is 19.1. The van der Waals surface area contributed by atoms with Crippen molar-refractivity contribution in [1.82, 2.24) is 10.2 Å². The van der Waals surface area contributed by atoms with Gasteiger partial charge in [-0.1, -0.05) is 17.7 Å². The first-order valence-electron chi connectivity index (χ1n) is 8.16. The number of carbonyl (C=O) groups is 1. The molecule has 0 bridgehead atoms. The van der Waals surface area contributed by atoms with Gasteiger partial charge in [-0.2, -0.15) is 0 Å². The number of hydrogen-bond acceptors (Lipinski definition) is 3. The highest BCUT2D eigenvalue weighted by Crippen LogP contribution is 2.18. The summed E-state index contributed by atoms with van der Waals surface area (Å²) in [6, 6.07) is 9.77. The molecule has 0 radical (unpaired) electrons. The fourth-order valence-electron chi connectivity index (χ4n) is 2.39. The molecule has 2 aromatic carbocycles. The predicted molar refractivity (Wildman–Crippen MR) is 97.4 cm³/mol. The van der Waals surface area contributed by atoms with Crippen LogP contribution in [0.3, 0.4) is 0 Å². The van der Waals surface area contributed by atoms with Crippen molar-refractivity contribution in [2.75, 3.05) is 26.7 Å². The van der Waals surface area contributed by atoms with Crippen LogP contribution in [0.4, 0.5) is 8.78 Å². The molecule has 0 aromatic heterocycles. The minimum atomic E-state index is -0.678. The average Bonchev–Trinajstić information content (AvgIpc) is 2.56. The monoisotopic (exact) mass is 382 g/mol. The molecule has 26 heavy (non-hydrogen) atoms. The maximum atomic E-state index is 13.7. The minimum Gasteiger partial charge on any atom is -0.492 e. The molecule has 2 aromatic rings. The van der Waals surface area contributed by atoms with Crippen molar-refractivity contribution in [1.29, 1.82) is 0 Å². The van der Waals surface area contributed by atoms with Crippen LogP contribution in [-0.4, -0.2) is 37.6 Å². The highest BCUT2D eigenvalue weighted by atomic mass is 35.5. The number of nitrogens with one attached hydrogen (secondary N) is 1. The summed E-state index contributed by atoms with van der Waals surface area (Å²) in [5.41, 5.74) is 0.244. The Bertz CT molecular complexity index is 741. The van der Waals surface area contributed by atoms with Gasteiger partial charge in [0.15, 0.2) is 0 Å². The normalized spacial score (nSPS) is 12.1. The highest BCUT2D eigenvalue weighted by Gasteiger charge is 2.15. The van der Waals surface area contributed by atoms with E-state index in [2.05, 4.69) is 5.32 Å². The topological polar surface area (TPSA) is 41.6 Å². The van der Waals surface area contributed by atoms with E-state index in [-0.39, 0.29) is 18.0 Å². The Balaban J connectivity index is 1.74. The summed E-state index contributed by atoms with van der Waals surface area (Å²) in [5, 5.41) is 3.34. The van der Waals surface area contributed by atoms with Crippen LogP contribution in [0.15, 0.2) is 42.5 Å². The molecule has 1 amide bonds. The quantitative estimate of drug-likeness (QED) is 0.755. The van der Waals surface area contributed by atoms with Gasteiger partial charge in [0.1, 0.15) is 24.0 Å². The lowest BCUT2D eigenvalue weighted by atomic mass is 10.1. The number of nitrogens with zero attached hydrogens (tertiary/aromatic N) is 1. The van der Waals surface area contributed by atoms with E-state index in [1.54, 1.807) is 43.1 Å². The molecule has 1 atom stereocenters. The second-order valence-corrected chi connectivity index (χ2v) is 6.43. The first kappa shape index (κ1) is 20.1. The van der Waals surface area contributed by atoms with Gasteiger partial charge in [-0.05, 0) is 44.3 Å². The molecule has 0 aliphatic carbocycles. The van der Waals surface area contributed by atoms with Crippen molar-refractivity contribution in [2.24, 2.45) is 0 Å². The molecule has 0 saturated carbocycles. The van der Waals surface area contributed by atoms with Crippen molar-refractivity contribution in [3.63, 3.8) is 0 Å². The van der Waals surface area contributed by atoms with Gasteiger partial charge >= 0.3 is 0 Å². The molecule has 0 spiro atoms. The summed E-state index contributed by atoms with van der Waals surface area (Å²) >= 11 is 5.81. The smallest absolute Gasteiger partial charge is 0.234 e. The van der Waals surface area contributed by atoms with Crippen LogP contribution < -0.4 is 10.1 Å². The number of amides is 1. The fraction of sp³-hybridized carbons (Fsp3) is 0.316. The lowest BCUT2D eigenvalue weighted by molar-refractivity contribution is -0.122. The minimum absolute atomic E-state index is 0.136. The Kier molecular flexibility index (Phi) is 7.36. The van der Waals surface area contributed by atoms with Crippen molar-refractivity contribution in [3.05, 3.63) is 64.7 Å². The predicted octanol–water partition coefficient (Wildman–Crippen LogP) is 3.81. The summed E-state index contributed by atoms with van der Waals surface area (Å²) in [7, 11) is 1.79. The summed E-state index contributed by atoms with van der Waals surface area (Å²) in [5.74, 6) is -0.879. The van der Waals surface area contributed by atoms with Crippen LogP contribution in [0, 0.1) is 11.6 Å². The molecular formula is C19H21ClF2N2O2. The number of halogens is 3. The SMILES string of the molecule is C[C@H](NC(=O)CN(C)CCOc1ccc(Cl)cc1)c1ccc(F)cc1F. The van der Waals surface area contributed by atoms with Gasteiger partial charge in [-0.25, -0.2) is 8.78 Å². The molecule has 0 aliphatic heterocycles. The molecule has 4 nitrogen and oxygen atoms in total. The Morgan fingerprint density at radius 1 is 1.23 bits per heavy atom. The van der Waals surface area contributed by atoms with Gasteiger partial charge in [0.2, 0.25) is 5.91 Å². The molecule has 1 N–H and O–H groups in total. The van der Waals surface area contributed by atoms with Gasteiger partial charge in [0.05, 0.1) is 12.6 Å².